The van der Waals surface area contributed by atoms with Gasteiger partial charge in [-0.2, -0.15) is 8.78 Å². The quantitative estimate of drug-likeness (QED) is 0.659. The summed E-state index contributed by atoms with van der Waals surface area (Å²) in [5.41, 5.74) is 1.54. The number of alkyl halides is 2. The molecule has 1 amide bonds. The summed E-state index contributed by atoms with van der Waals surface area (Å²) in [6.45, 7) is 0. The molecule has 0 aliphatic heterocycles. The smallest absolute Gasteiger partial charge is 0.288 e. The molecule has 4 nitrogen and oxygen atoms in total. The van der Waals surface area contributed by atoms with Crippen LogP contribution < -0.4 is 5.32 Å². The van der Waals surface area contributed by atoms with Crippen molar-refractivity contribution in [1.82, 2.24) is 9.38 Å². The molecule has 3 aromatic rings. The van der Waals surface area contributed by atoms with Crippen molar-refractivity contribution in [1.29, 1.82) is 0 Å². The number of anilines is 1. The predicted octanol–water partition coefficient (Wildman–Crippen LogP) is 4.38. The van der Waals surface area contributed by atoms with Crippen LogP contribution in [0.4, 0.5) is 14.5 Å². The van der Waals surface area contributed by atoms with Crippen LogP contribution in [0.15, 0.2) is 64.9 Å². The zero-order valence-electron chi connectivity index (χ0n) is 12.4. The molecule has 0 unspecified atom stereocenters. The van der Waals surface area contributed by atoms with Gasteiger partial charge in [-0.05, 0) is 36.4 Å². The number of fused-ring (bicyclic) bond motifs is 1. The largest absolute Gasteiger partial charge is 0.325 e. The van der Waals surface area contributed by atoms with Crippen LogP contribution in [0.25, 0.3) is 5.52 Å². The fourth-order valence-electron chi connectivity index (χ4n) is 2.07. The molecule has 124 valence electrons. The van der Waals surface area contributed by atoms with Crippen molar-refractivity contribution < 1.29 is 13.6 Å². The number of benzene rings is 1. The lowest BCUT2D eigenvalue weighted by Crippen LogP contribution is -2.14. The molecule has 0 fully saturated rings. The van der Waals surface area contributed by atoms with Crippen LogP contribution >= 0.6 is 23.5 Å². The van der Waals surface area contributed by atoms with Gasteiger partial charge in [0.15, 0.2) is 5.16 Å². The maximum absolute atomic E-state index is 12.3. The number of thioether (sulfide) groups is 2. The molecule has 1 N–H and O–H groups in total. The highest BCUT2D eigenvalue weighted by molar-refractivity contribution is 8.00. The highest BCUT2D eigenvalue weighted by Gasteiger charge is 2.09. The van der Waals surface area contributed by atoms with E-state index in [1.807, 2.05) is 28.8 Å². The summed E-state index contributed by atoms with van der Waals surface area (Å²) in [5.74, 6) is -2.42. The second-order valence-electron chi connectivity index (χ2n) is 4.78. The fourth-order valence-corrected chi connectivity index (χ4v) is 3.34. The molecule has 8 heteroatoms. The van der Waals surface area contributed by atoms with Gasteiger partial charge in [-0.15, -0.1) is 0 Å². The number of imidazole rings is 1. The molecular formula is C16H13F2N3OS2. The lowest BCUT2D eigenvalue weighted by Gasteiger charge is -2.06. The summed E-state index contributed by atoms with van der Waals surface area (Å²) < 4.78 is 26.4. The molecule has 0 bridgehead atoms. The van der Waals surface area contributed by atoms with Crippen molar-refractivity contribution in [2.24, 2.45) is 0 Å². The summed E-state index contributed by atoms with van der Waals surface area (Å²) in [6.07, 6.45) is 3.64. The van der Waals surface area contributed by atoms with Crippen molar-refractivity contribution in [2.75, 3.05) is 11.1 Å². The Morgan fingerprint density at radius 3 is 2.75 bits per heavy atom. The molecule has 24 heavy (non-hydrogen) atoms. The monoisotopic (exact) mass is 365 g/mol. The molecule has 2 heterocycles. The number of nitrogens with zero attached hydrogens (tertiary/aromatic N) is 2. The number of hydrogen-bond acceptors (Lipinski definition) is 4. The molecule has 2 aromatic heterocycles. The Bertz CT molecular complexity index is 837. The summed E-state index contributed by atoms with van der Waals surface area (Å²) in [6, 6.07) is 12.1. The van der Waals surface area contributed by atoms with E-state index in [9.17, 15) is 13.6 Å². The molecule has 0 saturated carbocycles. The number of aromatic nitrogens is 2. The Kier molecular flexibility index (Phi) is 5.37. The Labute approximate surface area is 145 Å². The SMILES string of the molecule is O=C(CSc1ncc2ccccn12)Nc1ccc(SC(F)F)cc1. The molecule has 3 rings (SSSR count). The molecule has 0 aliphatic rings. The molecule has 0 saturated heterocycles. The second kappa shape index (κ2) is 7.67. The molecular weight excluding hydrogens is 352 g/mol. The van der Waals surface area contributed by atoms with E-state index in [-0.39, 0.29) is 11.7 Å². The lowest BCUT2D eigenvalue weighted by molar-refractivity contribution is -0.113. The second-order valence-corrected chi connectivity index (χ2v) is 6.78. The van der Waals surface area contributed by atoms with E-state index >= 15 is 0 Å². The van der Waals surface area contributed by atoms with Gasteiger partial charge in [-0.25, -0.2) is 4.98 Å². The van der Waals surface area contributed by atoms with Gasteiger partial charge in [0.1, 0.15) is 0 Å². The first kappa shape index (κ1) is 16.8. The third-order valence-corrected chi connectivity index (χ3v) is 4.79. The molecule has 0 radical (unpaired) electrons. The average molecular weight is 365 g/mol. The third kappa shape index (κ3) is 4.27. The number of amides is 1. The number of rotatable bonds is 6. The fraction of sp³-hybridized carbons (Fsp3) is 0.125. The minimum atomic E-state index is -2.45. The van der Waals surface area contributed by atoms with Gasteiger partial charge in [0, 0.05) is 16.8 Å². The molecule has 1 aromatic carbocycles. The molecule has 0 aliphatic carbocycles. The number of halogens is 2. The van der Waals surface area contributed by atoms with Crippen LogP contribution in [0, 0.1) is 0 Å². The van der Waals surface area contributed by atoms with Gasteiger partial charge >= 0.3 is 0 Å². The summed E-state index contributed by atoms with van der Waals surface area (Å²) in [5, 5.41) is 3.48. The number of hydrogen-bond donors (Lipinski definition) is 1. The van der Waals surface area contributed by atoms with Crippen molar-refractivity contribution >= 4 is 40.6 Å². The lowest BCUT2D eigenvalue weighted by atomic mass is 10.3. The molecule has 0 atom stereocenters. The Hall–Kier alpha value is -2.06. The van der Waals surface area contributed by atoms with E-state index in [0.29, 0.717) is 22.3 Å². The standard InChI is InChI=1S/C16H13F2N3OS2/c17-15(18)24-13-6-4-11(5-7-13)20-14(22)10-23-16-19-9-12-3-1-2-8-21(12)16/h1-9,15H,10H2,(H,20,22). The minimum Gasteiger partial charge on any atom is -0.325 e. The van der Waals surface area contributed by atoms with Gasteiger partial charge in [-0.3, -0.25) is 9.20 Å². The van der Waals surface area contributed by atoms with Crippen molar-refractivity contribution in [3.8, 4) is 0 Å². The normalized spacial score (nSPS) is 11.1. The first-order valence-corrected chi connectivity index (χ1v) is 8.88. The van der Waals surface area contributed by atoms with Crippen LogP contribution in [0.3, 0.4) is 0 Å². The third-order valence-electron chi connectivity index (χ3n) is 3.10. The van der Waals surface area contributed by atoms with E-state index in [0.717, 1.165) is 10.7 Å². The van der Waals surface area contributed by atoms with Gasteiger partial charge in [0.2, 0.25) is 5.91 Å². The Balaban J connectivity index is 1.56. The van der Waals surface area contributed by atoms with Crippen LogP contribution in [-0.2, 0) is 4.79 Å². The Morgan fingerprint density at radius 1 is 1.21 bits per heavy atom. The van der Waals surface area contributed by atoms with Gasteiger partial charge in [-0.1, -0.05) is 29.6 Å². The predicted molar refractivity (Wildman–Crippen MR) is 92.8 cm³/mol. The van der Waals surface area contributed by atoms with Crippen LogP contribution in [-0.4, -0.2) is 26.8 Å². The van der Waals surface area contributed by atoms with Crippen LogP contribution in [0.5, 0.6) is 0 Å². The number of carbonyl (C=O) groups excluding carboxylic acids is 1. The van der Waals surface area contributed by atoms with E-state index in [1.165, 1.54) is 11.8 Å². The molecule has 0 spiro atoms. The van der Waals surface area contributed by atoms with Gasteiger partial charge in [0.05, 0.1) is 17.5 Å². The van der Waals surface area contributed by atoms with E-state index in [1.54, 1.807) is 30.5 Å². The first-order valence-electron chi connectivity index (χ1n) is 7.01. The maximum atomic E-state index is 12.3. The highest BCUT2D eigenvalue weighted by Crippen LogP contribution is 2.26. The van der Waals surface area contributed by atoms with Crippen molar-refractivity contribution in [3.63, 3.8) is 0 Å². The number of nitrogens with one attached hydrogen (secondary N) is 1. The van der Waals surface area contributed by atoms with E-state index in [2.05, 4.69) is 10.3 Å². The Morgan fingerprint density at radius 2 is 2.00 bits per heavy atom. The average Bonchev–Trinajstić information content (AvgIpc) is 2.98. The zero-order chi connectivity index (χ0) is 16.9. The number of pyridine rings is 1. The summed E-state index contributed by atoms with van der Waals surface area (Å²) in [7, 11) is 0. The summed E-state index contributed by atoms with van der Waals surface area (Å²) >= 11 is 1.81. The summed E-state index contributed by atoms with van der Waals surface area (Å²) in [4.78, 5) is 16.8. The van der Waals surface area contributed by atoms with Gasteiger partial charge < -0.3 is 5.32 Å². The van der Waals surface area contributed by atoms with Crippen molar-refractivity contribution in [3.05, 3.63) is 54.9 Å². The topological polar surface area (TPSA) is 46.4 Å². The first-order chi connectivity index (χ1) is 11.6. The zero-order valence-corrected chi connectivity index (χ0v) is 14.0. The maximum Gasteiger partial charge on any atom is 0.288 e. The van der Waals surface area contributed by atoms with Crippen LogP contribution in [0.2, 0.25) is 0 Å². The number of carbonyl (C=O) groups is 1. The van der Waals surface area contributed by atoms with Crippen LogP contribution in [0.1, 0.15) is 0 Å². The van der Waals surface area contributed by atoms with Gasteiger partial charge in [0.25, 0.3) is 5.76 Å². The minimum absolute atomic E-state index is 0.179. The van der Waals surface area contributed by atoms with Crippen molar-refractivity contribution in [2.45, 2.75) is 15.8 Å². The van der Waals surface area contributed by atoms with E-state index < -0.39 is 5.76 Å². The highest BCUT2D eigenvalue weighted by atomic mass is 32.2. The van der Waals surface area contributed by atoms with E-state index in [4.69, 9.17) is 0 Å².